The van der Waals surface area contributed by atoms with Gasteiger partial charge in [0.15, 0.2) is 0 Å². The molecule has 1 aliphatic rings. The van der Waals surface area contributed by atoms with Crippen LogP contribution in [0.5, 0.6) is 0 Å². The lowest BCUT2D eigenvalue weighted by molar-refractivity contribution is 0.0755. The van der Waals surface area contributed by atoms with Gasteiger partial charge >= 0.3 is 0 Å². The van der Waals surface area contributed by atoms with Gasteiger partial charge in [-0.05, 0) is 53.7 Å². The zero-order valence-electron chi connectivity index (χ0n) is 11.5. The maximum absolute atomic E-state index is 13.7. The van der Waals surface area contributed by atoms with Crippen LogP contribution >= 0.6 is 15.9 Å². The zero-order valence-corrected chi connectivity index (χ0v) is 13.9. The first-order valence-corrected chi connectivity index (χ1v) is 8.89. The lowest BCUT2D eigenvalue weighted by Gasteiger charge is -2.21. The Labute approximate surface area is 131 Å². The number of carbonyl (C=O) groups excluding carboxylic acids is 1. The number of primary sulfonamides is 1. The van der Waals surface area contributed by atoms with Crippen LogP contribution in [0.1, 0.15) is 30.1 Å². The molecule has 1 aromatic carbocycles. The molecule has 0 unspecified atom stereocenters. The highest BCUT2D eigenvalue weighted by atomic mass is 79.9. The molecule has 116 valence electrons. The highest BCUT2D eigenvalue weighted by Gasteiger charge is 2.28. The minimum Gasteiger partial charge on any atom is -0.339 e. The van der Waals surface area contributed by atoms with Gasteiger partial charge in [-0.15, -0.1) is 0 Å². The number of nitrogens with two attached hydrogens (primary N) is 1. The predicted molar refractivity (Wildman–Crippen MR) is 79.8 cm³/mol. The van der Waals surface area contributed by atoms with E-state index < -0.39 is 20.7 Å². The maximum Gasteiger partial charge on any atom is 0.255 e. The Balaban J connectivity index is 2.39. The molecule has 0 bridgehead atoms. The van der Waals surface area contributed by atoms with Crippen LogP contribution in [-0.2, 0) is 10.0 Å². The third kappa shape index (κ3) is 3.81. The van der Waals surface area contributed by atoms with Crippen LogP contribution in [0.3, 0.4) is 0 Å². The standard InChI is InChI=1S/C13H16BrFN2O3S/c1-2-17(7-8-3-4-8)13(18)9-5-12(21(16,19)20)11(15)6-10(9)14/h5-6,8H,2-4,7H2,1H3,(H2,16,19,20). The number of halogens is 2. The molecule has 1 saturated carbocycles. The highest BCUT2D eigenvalue weighted by Crippen LogP contribution is 2.31. The van der Waals surface area contributed by atoms with E-state index in [4.69, 9.17) is 5.14 Å². The number of hydrogen-bond acceptors (Lipinski definition) is 3. The Bertz CT molecular complexity index is 674. The number of carbonyl (C=O) groups is 1. The summed E-state index contributed by atoms with van der Waals surface area (Å²) in [6.45, 7) is 2.98. The first kappa shape index (κ1) is 16.4. The minimum absolute atomic E-state index is 0.0999. The fraction of sp³-hybridized carbons (Fsp3) is 0.462. The lowest BCUT2D eigenvalue weighted by atomic mass is 10.2. The number of sulfonamides is 1. The molecule has 2 N–H and O–H groups in total. The fourth-order valence-electron chi connectivity index (χ4n) is 2.05. The van der Waals surface area contributed by atoms with Gasteiger partial charge in [0.1, 0.15) is 10.7 Å². The van der Waals surface area contributed by atoms with Gasteiger partial charge in [-0.3, -0.25) is 4.79 Å². The number of hydrogen-bond donors (Lipinski definition) is 1. The summed E-state index contributed by atoms with van der Waals surface area (Å²) < 4.78 is 36.6. The molecule has 0 heterocycles. The summed E-state index contributed by atoms with van der Waals surface area (Å²) in [4.78, 5) is 13.4. The molecule has 0 spiro atoms. The van der Waals surface area contributed by atoms with Crippen LogP contribution in [0, 0.1) is 11.7 Å². The van der Waals surface area contributed by atoms with Gasteiger partial charge in [-0.25, -0.2) is 17.9 Å². The zero-order chi connectivity index (χ0) is 15.8. The van der Waals surface area contributed by atoms with E-state index in [1.165, 1.54) is 0 Å². The van der Waals surface area contributed by atoms with Crippen molar-refractivity contribution in [2.75, 3.05) is 13.1 Å². The SMILES string of the molecule is CCN(CC1CC1)C(=O)c1cc(S(N)(=O)=O)c(F)cc1Br. The molecule has 0 aliphatic heterocycles. The average Bonchev–Trinajstić information content (AvgIpc) is 3.17. The van der Waals surface area contributed by atoms with Crippen molar-refractivity contribution in [3.05, 3.63) is 28.0 Å². The van der Waals surface area contributed by atoms with Gasteiger partial charge in [-0.1, -0.05) is 0 Å². The van der Waals surface area contributed by atoms with Crippen molar-refractivity contribution < 1.29 is 17.6 Å². The molecular weight excluding hydrogens is 363 g/mol. The molecule has 1 amide bonds. The van der Waals surface area contributed by atoms with Gasteiger partial charge in [-0.2, -0.15) is 0 Å². The van der Waals surface area contributed by atoms with Crippen LogP contribution in [0.25, 0.3) is 0 Å². The van der Waals surface area contributed by atoms with Crippen molar-refractivity contribution in [2.45, 2.75) is 24.7 Å². The van der Waals surface area contributed by atoms with Crippen molar-refractivity contribution in [1.82, 2.24) is 4.90 Å². The van der Waals surface area contributed by atoms with E-state index in [0.717, 1.165) is 25.0 Å². The molecule has 1 aliphatic carbocycles. The number of nitrogens with zero attached hydrogens (tertiary/aromatic N) is 1. The molecule has 5 nitrogen and oxygen atoms in total. The van der Waals surface area contributed by atoms with Crippen LogP contribution in [0.15, 0.2) is 21.5 Å². The summed E-state index contributed by atoms with van der Waals surface area (Å²) in [6, 6.07) is 1.95. The number of amides is 1. The molecular formula is C13H16BrFN2O3S. The molecule has 8 heteroatoms. The molecule has 0 saturated heterocycles. The van der Waals surface area contributed by atoms with Crippen molar-refractivity contribution in [2.24, 2.45) is 11.1 Å². The Hall–Kier alpha value is -0.990. The van der Waals surface area contributed by atoms with E-state index in [-0.39, 0.29) is 15.9 Å². The largest absolute Gasteiger partial charge is 0.339 e. The molecule has 0 atom stereocenters. The van der Waals surface area contributed by atoms with Crippen LogP contribution in [-0.4, -0.2) is 32.3 Å². The van der Waals surface area contributed by atoms with E-state index in [2.05, 4.69) is 15.9 Å². The lowest BCUT2D eigenvalue weighted by Crippen LogP contribution is -2.33. The molecule has 1 fully saturated rings. The smallest absolute Gasteiger partial charge is 0.255 e. The van der Waals surface area contributed by atoms with Crippen LogP contribution < -0.4 is 5.14 Å². The normalized spacial score (nSPS) is 15.0. The van der Waals surface area contributed by atoms with Crippen molar-refractivity contribution in [3.8, 4) is 0 Å². The predicted octanol–water partition coefficient (Wildman–Crippen LogP) is 2.11. The van der Waals surface area contributed by atoms with Crippen LogP contribution in [0.2, 0.25) is 0 Å². The van der Waals surface area contributed by atoms with E-state index in [9.17, 15) is 17.6 Å². The van der Waals surface area contributed by atoms with E-state index in [1.807, 2.05) is 6.92 Å². The molecule has 2 rings (SSSR count). The Morgan fingerprint density at radius 1 is 1.48 bits per heavy atom. The highest BCUT2D eigenvalue weighted by molar-refractivity contribution is 9.10. The van der Waals surface area contributed by atoms with E-state index >= 15 is 0 Å². The molecule has 0 radical (unpaired) electrons. The van der Waals surface area contributed by atoms with Crippen LogP contribution in [0.4, 0.5) is 4.39 Å². The van der Waals surface area contributed by atoms with E-state index in [0.29, 0.717) is 19.0 Å². The third-order valence-corrected chi connectivity index (χ3v) is 4.98. The second-order valence-corrected chi connectivity index (χ2v) is 7.48. The summed E-state index contributed by atoms with van der Waals surface area (Å²) in [5.41, 5.74) is 0.0999. The van der Waals surface area contributed by atoms with Gasteiger partial charge in [0.2, 0.25) is 10.0 Å². The topological polar surface area (TPSA) is 80.5 Å². The molecule has 0 aromatic heterocycles. The minimum atomic E-state index is -4.22. The van der Waals surface area contributed by atoms with E-state index in [1.54, 1.807) is 4.90 Å². The second-order valence-electron chi connectivity index (χ2n) is 5.09. The summed E-state index contributed by atoms with van der Waals surface area (Å²) in [7, 11) is -4.22. The summed E-state index contributed by atoms with van der Waals surface area (Å²) in [5, 5.41) is 4.97. The molecule has 1 aromatic rings. The summed E-state index contributed by atoms with van der Waals surface area (Å²) >= 11 is 3.10. The monoisotopic (exact) mass is 378 g/mol. The van der Waals surface area contributed by atoms with Gasteiger partial charge in [0.05, 0.1) is 5.56 Å². The van der Waals surface area contributed by atoms with Crippen molar-refractivity contribution in [3.63, 3.8) is 0 Å². The van der Waals surface area contributed by atoms with Gasteiger partial charge < -0.3 is 4.90 Å². The number of rotatable bonds is 5. The first-order chi connectivity index (χ1) is 9.74. The quantitative estimate of drug-likeness (QED) is 0.851. The fourth-order valence-corrected chi connectivity index (χ4v) is 3.15. The maximum atomic E-state index is 13.7. The summed E-state index contributed by atoms with van der Waals surface area (Å²) in [6.07, 6.45) is 2.19. The molecule has 21 heavy (non-hydrogen) atoms. The number of benzene rings is 1. The average molecular weight is 379 g/mol. The first-order valence-electron chi connectivity index (χ1n) is 6.55. The van der Waals surface area contributed by atoms with Crippen molar-refractivity contribution in [1.29, 1.82) is 0 Å². The van der Waals surface area contributed by atoms with Gasteiger partial charge in [0.25, 0.3) is 5.91 Å². The Morgan fingerprint density at radius 3 is 2.57 bits per heavy atom. The van der Waals surface area contributed by atoms with Crippen molar-refractivity contribution >= 4 is 31.9 Å². The third-order valence-electron chi connectivity index (χ3n) is 3.40. The van der Waals surface area contributed by atoms with Gasteiger partial charge in [0, 0.05) is 17.6 Å². The summed E-state index contributed by atoms with van der Waals surface area (Å²) in [5.74, 6) is -0.807. The Morgan fingerprint density at radius 2 is 2.10 bits per heavy atom. The Kier molecular flexibility index (Phi) is 4.69. The second kappa shape index (κ2) is 6.02.